The zero-order valence-corrected chi connectivity index (χ0v) is 10.6. The molecule has 3 heteroatoms. The summed E-state index contributed by atoms with van der Waals surface area (Å²) in [5.74, 6) is 0.773. The van der Waals surface area contributed by atoms with Crippen molar-refractivity contribution in [2.75, 3.05) is 12.8 Å². The van der Waals surface area contributed by atoms with Gasteiger partial charge in [0.15, 0.2) is 0 Å². The maximum absolute atomic E-state index is 10.4. The molecule has 0 aliphatic carbocycles. The number of aliphatic hydroxyl groups is 1. The van der Waals surface area contributed by atoms with Crippen molar-refractivity contribution in [1.82, 2.24) is 0 Å². The number of rotatable bonds is 3. The van der Waals surface area contributed by atoms with Crippen molar-refractivity contribution in [3.8, 4) is 5.75 Å². The van der Waals surface area contributed by atoms with Gasteiger partial charge in [-0.15, -0.1) is 0 Å². The van der Waals surface area contributed by atoms with Gasteiger partial charge in [-0.3, -0.25) is 0 Å². The van der Waals surface area contributed by atoms with Gasteiger partial charge in [-0.05, 0) is 41.8 Å². The first-order valence-corrected chi connectivity index (χ1v) is 5.80. The lowest BCUT2D eigenvalue weighted by Gasteiger charge is -2.15. The normalized spacial score (nSPS) is 12.2. The van der Waals surface area contributed by atoms with Crippen molar-refractivity contribution in [3.05, 3.63) is 59.2 Å². The molecule has 0 spiro atoms. The lowest BCUT2D eigenvalue weighted by atomic mass is 9.96. The van der Waals surface area contributed by atoms with Crippen LogP contribution in [0.3, 0.4) is 0 Å². The number of benzene rings is 2. The summed E-state index contributed by atoms with van der Waals surface area (Å²) in [6.07, 6.45) is -0.667. The third-order valence-electron chi connectivity index (χ3n) is 3.14. The fourth-order valence-electron chi connectivity index (χ4n) is 1.93. The molecule has 0 fully saturated rings. The average molecular weight is 243 g/mol. The Kier molecular flexibility index (Phi) is 3.53. The van der Waals surface area contributed by atoms with Crippen LogP contribution < -0.4 is 10.5 Å². The molecule has 0 saturated carbocycles. The predicted molar refractivity (Wildman–Crippen MR) is 72.6 cm³/mol. The molecule has 94 valence electrons. The fraction of sp³-hybridized carbons (Fsp3) is 0.200. The Morgan fingerprint density at radius 3 is 2.39 bits per heavy atom. The van der Waals surface area contributed by atoms with Crippen LogP contribution in [0.1, 0.15) is 22.8 Å². The zero-order valence-electron chi connectivity index (χ0n) is 10.6. The van der Waals surface area contributed by atoms with E-state index in [1.165, 1.54) is 0 Å². The second-order valence-electron chi connectivity index (χ2n) is 4.24. The van der Waals surface area contributed by atoms with Crippen LogP contribution in [0, 0.1) is 6.92 Å². The second kappa shape index (κ2) is 5.10. The van der Waals surface area contributed by atoms with Gasteiger partial charge in [0.1, 0.15) is 11.9 Å². The smallest absolute Gasteiger partial charge is 0.118 e. The van der Waals surface area contributed by atoms with Gasteiger partial charge in [-0.25, -0.2) is 0 Å². The molecule has 0 heterocycles. The number of nitrogens with two attached hydrogens (primary N) is 1. The summed E-state index contributed by atoms with van der Waals surface area (Å²) < 4.78 is 5.10. The molecule has 18 heavy (non-hydrogen) atoms. The highest BCUT2D eigenvalue weighted by molar-refractivity contribution is 5.52. The quantitative estimate of drug-likeness (QED) is 0.815. The summed E-state index contributed by atoms with van der Waals surface area (Å²) in [6.45, 7) is 1.91. The molecule has 0 radical (unpaired) electrons. The first-order valence-electron chi connectivity index (χ1n) is 5.80. The monoisotopic (exact) mass is 243 g/mol. The zero-order chi connectivity index (χ0) is 13.1. The van der Waals surface area contributed by atoms with Gasteiger partial charge in [0.25, 0.3) is 0 Å². The lowest BCUT2D eigenvalue weighted by Crippen LogP contribution is -2.04. The molecule has 0 bridgehead atoms. The van der Waals surface area contributed by atoms with E-state index >= 15 is 0 Å². The maximum atomic E-state index is 10.4. The molecule has 2 rings (SSSR count). The van der Waals surface area contributed by atoms with E-state index in [0.717, 1.165) is 22.4 Å². The number of ether oxygens (including phenoxy) is 1. The van der Waals surface area contributed by atoms with Gasteiger partial charge < -0.3 is 15.6 Å². The molecule has 0 saturated heterocycles. The van der Waals surface area contributed by atoms with Crippen LogP contribution in [0.5, 0.6) is 5.75 Å². The molecule has 3 nitrogen and oxygen atoms in total. The Balaban J connectivity index is 2.35. The molecular weight excluding hydrogens is 226 g/mol. The minimum atomic E-state index is -0.667. The molecule has 0 unspecified atom stereocenters. The second-order valence-corrected chi connectivity index (χ2v) is 4.24. The molecule has 0 aromatic heterocycles. The molecule has 0 amide bonds. The van der Waals surface area contributed by atoms with E-state index < -0.39 is 6.10 Å². The van der Waals surface area contributed by atoms with Crippen molar-refractivity contribution in [1.29, 1.82) is 0 Å². The maximum Gasteiger partial charge on any atom is 0.118 e. The molecule has 3 N–H and O–H groups in total. The third kappa shape index (κ3) is 2.31. The van der Waals surface area contributed by atoms with Gasteiger partial charge in [-0.2, -0.15) is 0 Å². The standard InChI is InChI=1S/C15H17NO2/c1-10-13(4-3-5-14(10)16)15(17)11-6-8-12(18-2)9-7-11/h3-9,15,17H,16H2,1-2H3/t15-/m1/s1. The number of methoxy groups -OCH3 is 1. The fourth-order valence-corrected chi connectivity index (χ4v) is 1.93. The van der Waals surface area contributed by atoms with E-state index in [1.54, 1.807) is 7.11 Å². The number of anilines is 1. The van der Waals surface area contributed by atoms with Crippen molar-refractivity contribution in [2.45, 2.75) is 13.0 Å². The summed E-state index contributed by atoms with van der Waals surface area (Å²) in [5, 5.41) is 10.4. The highest BCUT2D eigenvalue weighted by atomic mass is 16.5. The first-order chi connectivity index (χ1) is 8.63. The first kappa shape index (κ1) is 12.5. The van der Waals surface area contributed by atoms with E-state index in [-0.39, 0.29) is 0 Å². The van der Waals surface area contributed by atoms with Crippen LogP contribution in [-0.2, 0) is 0 Å². The minimum Gasteiger partial charge on any atom is -0.497 e. The Labute approximate surface area is 107 Å². The summed E-state index contributed by atoms with van der Waals surface area (Å²) in [6, 6.07) is 12.9. The SMILES string of the molecule is COc1ccc([C@@H](O)c2cccc(N)c2C)cc1. The molecule has 0 aliphatic heterocycles. The number of nitrogen functional groups attached to an aromatic ring is 1. The summed E-state index contributed by atoms with van der Waals surface area (Å²) in [4.78, 5) is 0. The highest BCUT2D eigenvalue weighted by Gasteiger charge is 2.13. The molecule has 2 aromatic rings. The van der Waals surface area contributed by atoms with E-state index in [0.29, 0.717) is 5.69 Å². The Morgan fingerprint density at radius 1 is 1.11 bits per heavy atom. The molecule has 1 atom stereocenters. The Hall–Kier alpha value is -2.00. The lowest BCUT2D eigenvalue weighted by molar-refractivity contribution is 0.219. The molecule has 0 aliphatic rings. The van der Waals surface area contributed by atoms with E-state index in [1.807, 2.05) is 49.4 Å². The van der Waals surface area contributed by atoms with Gasteiger partial charge in [-0.1, -0.05) is 24.3 Å². The summed E-state index contributed by atoms with van der Waals surface area (Å²) in [5.41, 5.74) is 9.12. The molecular formula is C15H17NO2. The average Bonchev–Trinajstić information content (AvgIpc) is 2.41. The van der Waals surface area contributed by atoms with Gasteiger partial charge in [0.2, 0.25) is 0 Å². The van der Waals surface area contributed by atoms with Crippen molar-refractivity contribution < 1.29 is 9.84 Å². The van der Waals surface area contributed by atoms with Crippen molar-refractivity contribution >= 4 is 5.69 Å². The summed E-state index contributed by atoms with van der Waals surface area (Å²) in [7, 11) is 1.62. The highest BCUT2D eigenvalue weighted by Crippen LogP contribution is 2.28. The van der Waals surface area contributed by atoms with Crippen molar-refractivity contribution in [3.63, 3.8) is 0 Å². The Morgan fingerprint density at radius 2 is 1.78 bits per heavy atom. The van der Waals surface area contributed by atoms with Crippen LogP contribution in [0.4, 0.5) is 5.69 Å². The van der Waals surface area contributed by atoms with Gasteiger partial charge in [0, 0.05) is 5.69 Å². The third-order valence-corrected chi connectivity index (χ3v) is 3.14. The van der Waals surface area contributed by atoms with Crippen LogP contribution in [0.25, 0.3) is 0 Å². The topological polar surface area (TPSA) is 55.5 Å². The number of hydrogen-bond donors (Lipinski definition) is 2. The van der Waals surface area contributed by atoms with E-state index in [4.69, 9.17) is 10.5 Å². The van der Waals surface area contributed by atoms with Gasteiger partial charge >= 0.3 is 0 Å². The van der Waals surface area contributed by atoms with Crippen LogP contribution in [0.15, 0.2) is 42.5 Å². The molecule has 2 aromatic carbocycles. The minimum absolute atomic E-state index is 0.667. The van der Waals surface area contributed by atoms with E-state index in [9.17, 15) is 5.11 Å². The Bertz CT molecular complexity index is 535. The van der Waals surface area contributed by atoms with Crippen molar-refractivity contribution in [2.24, 2.45) is 0 Å². The van der Waals surface area contributed by atoms with Gasteiger partial charge in [0.05, 0.1) is 7.11 Å². The van der Waals surface area contributed by atoms with Crippen LogP contribution >= 0.6 is 0 Å². The van der Waals surface area contributed by atoms with Crippen LogP contribution in [0.2, 0.25) is 0 Å². The van der Waals surface area contributed by atoms with E-state index in [2.05, 4.69) is 0 Å². The number of hydrogen-bond acceptors (Lipinski definition) is 3. The predicted octanol–water partition coefficient (Wildman–Crippen LogP) is 2.67. The summed E-state index contributed by atoms with van der Waals surface area (Å²) >= 11 is 0. The largest absolute Gasteiger partial charge is 0.497 e. The van der Waals surface area contributed by atoms with Crippen LogP contribution in [-0.4, -0.2) is 12.2 Å². The number of aliphatic hydroxyl groups excluding tert-OH is 1.